The number of para-hydroxylation sites is 1. The molecule has 1 atom stereocenters. The first-order valence-corrected chi connectivity index (χ1v) is 9.19. The van der Waals surface area contributed by atoms with Crippen molar-refractivity contribution in [3.05, 3.63) is 59.1 Å². The molecule has 0 saturated carbocycles. The summed E-state index contributed by atoms with van der Waals surface area (Å²) in [5, 5.41) is 3.27. The van der Waals surface area contributed by atoms with Crippen molar-refractivity contribution in [1.82, 2.24) is 4.90 Å². The maximum atomic E-state index is 13.1. The summed E-state index contributed by atoms with van der Waals surface area (Å²) < 4.78 is 0. The maximum Gasteiger partial charge on any atom is 0.256 e. The predicted octanol–water partition coefficient (Wildman–Crippen LogP) is 2.93. The van der Waals surface area contributed by atoms with E-state index < -0.39 is 6.04 Å². The molecule has 0 spiro atoms. The highest BCUT2D eigenvalue weighted by atomic mass is 35.5. The van der Waals surface area contributed by atoms with Crippen LogP contribution >= 0.6 is 11.6 Å². The summed E-state index contributed by atoms with van der Waals surface area (Å²) in [7, 11) is 0. The summed E-state index contributed by atoms with van der Waals surface area (Å²) >= 11 is 5.95. The molecule has 2 heterocycles. The standard InChI is InChI=1S/C20H18ClN3O3/c21-13-5-3-6-14(11-13)22-18(25)12-24-16-8-2-1-7-15(16)19(26)23-10-4-9-17(23)20(24)27/h1-3,5-8,11,17H,4,9-10,12H2,(H,22,25). The summed E-state index contributed by atoms with van der Waals surface area (Å²) in [5.41, 5.74) is 1.48. The van der Waals surface area contributed by atoms with E-state index in [1.54, 1.807) is 53.4 Å². The first-order chi connectivity index (χ1) is 13.0. The van der Waals surface area contributed by atoms with Crippen LogP contribution in [0.5, 0.6) is 0 Å². The molecule has 0 bridgehead atoms. The van der Waals surface area contributed by atoms with Crippen molar-refractivity contribution in [3.8, 4) is 0 Å². The molecule has 138 valence electrons. The SMILES string of the molecule is O=C(CN1C(=O)C2CCCN2C(=O)c2ccccc21)Nc1cccc(Cl)c1. The number of nitrogens with one attached hydrogen (secondary N) is 1. The smallest absolute Gasteiger partial charge is 0.256 e. The average Bonchev–Trinajstić information content (AvgIpc) is 3.12. The number of hydrogen-bond acceptors (Lipinski definition) is 3. The van der Waals surface area contributed by atoms with E-state index in [1.165, 1.54) is 4.90 Å². The van der Waals surface area contributed by atoms with Gasteiger partial charge < -0.3 is 15.1 Å². The normalized spacial score (nSPS) is 18.8. The fourth-order valence-electron chi connectivity index (χ4n) is 3.68. The zero-order chi connectivity index (χ0) is 19.0. The third-order valence-electron chi connectivity index (χ3n) is 4.90. The van der Waals surface area contributed by atoms with Crippen molar-refractivity contribution < 1.29 is 14.4 Å². The Kier molecular flexibility index (Phi) is 4.58. The molecule has 2 aromatic rings. The number of fused-ring (bicyclic) bond motifs is 2. The Bertz CT molecular complexity index is 930. The molecule has 1 fully saturated rings. The summed E-state index contributed by atoms with van der Waals surface area (Å²) in [6, 6.07) is 13.2. The van der Waals surface area contributed by atoms with Crippen molar-refractivity contribution in [3.63, 3.8) is 0 Å². The van der Waals surface area contributed by atoms with E-state index in [4.69, 9.17) is 11.6 Å². The summed E-state index contributed by atoms with van der Waals surface area (Å²) in [5.74, 6) is -0.717. The van der Waals surface area contributed by atoms with E-state index in [2.05, 4.69) is 5.32 Å². The Balaban J connectivity index is 1.64. The van der Waals surface area contributed by atoms with Gasteiger partial charge in [-0.3, -0.25) is 14.4 Å². The molecule has 4 rings (SSSR count). The summed E-state index contributed by atoms with van der Waals surface area (Å²) in [6.07, 6.45) is 1.40. The lowest BCUT2D eigenvalue weighted by atomic mass is 10.1. The highest BCUT2D eigenvalue weighted by molar-refractivity contribution is 6.30. The zero-order valence-electron chi connectivity index (χ0n) is 14.5. The number of benzene rings is 2. The molecule has 6 nitrogen and oxygen atoms in total. The van der Waals surface area contributed by atoms with E-state index in [0.717, 1.165) is 6.42 Å². The van der Waals surface area contributed by atoms with Gasteiger partial charge in [-0.25, -0.2) is 0 Å². The van der Waals surface area contributed by atoms with Crippen LogP contribution < -0.4 is 10.2 Å². The predicted molar refractivity (Wildman–Crippen MR) is 103 cm³/mol. The Morgan fingerprint density at radius 1 is 1.15 bits per heavy atom. The molecule has 2 aliphatic heterocycles. The topological polar surface area (TPSA) is 69.7 Å². The van der Waals surface area contributed by atoms with E-state index in [9.17, 15) is 14.4 Å². The minimum Gasteiger partial charge on any atom is -0.327 e. The van der Waals surface area contributed by atoms with E-state index in [-0.39, 0.29) is 24.3 Å². The fourth-order valence-corrected chi connectivity index (χ4v) is 3.87. The number of carbonyl (C=O) groups excluding carboxylic acids is 3. The van der Waals surface area contributed by atoms with Crippen LogP contribution in [0.4, 0.5) is 11.4 Å². The molecule has 2 aliphatic rings. The highest BCUT2D eigenvalue weighted by Crippen LogP contribution is 2.32. The number of amides is 3. The van der Waals surface area contributed by atoms with Crippen LogP contribution in [0.2, 0.25) is 5.02 Å². The van der Waals surface area contributed by atoms with Crippen LogP contribution in [0.15, 0.2) is 48.5 Å². The number of carbonyl (C=O) groups is 3. The van der Waals surface area contributed by atoms with Crippen LogP contribution in [0.1, 0.15) is 23.2 Å². The number of halogens is 1. The first kappa shape index (κ1) is 17.5. The van der Waals surface area contributed by atoms with Crippen molar-refractivity contribution in [2.75, 3.05) is 23.3 Å². The van der Waals surface area contributed by atoms with Crippen molar-refractivity contribution in [2.24, 2.45) is 0 Å². The lowest BCUT2D eigenvalue weighted by molar-refractivity contribution is -0.124. The molecule has 7 heteroatoms. The Morgan fingerprint density at radius 3 is 2.78 bits per heavy atom. The minimum atomic E-state index is -0.510. The molecule has 1 saturated heterocycles. The number of anilines is 2. The molecule has 1 unspecified atom stereocenters. The molecular weight excluding hydrogens is 366 g/mol. The first-order valence-electron chi connectivity index (χ1n) is 8.81. The van der Waals surface area contributed by atoms with Crippen LogP contribution in [0, 0.1) is 0 Å². The van der Waals surface area contributed by atoms with Gasteiger partial charge in [0.15, 0.2) is 0 Å². The van der Waals surface area contributed by atoms with Crippen LogP contribution in [0.3, 0.4) is 0 Å². The summed E-state index contributed by atoms with van der Waals surface area (Å²) in [4.78, 5) is 41.6. The zero-order valence-corrected chi connectivity index (χ0v) is 15.3. The monoisotopic (exact) mass is 383 g/mol. The third kappa shape index (κ3) is 3.28. The van der Waals surface area contributed by atoms with Gasteiger partial charge in [-0.05, 0) is 43.2 Å². The molecular formula is C20H18ClN3O3. The number of hydrogen-bond donors (Lipinski definition) is 1. The fraction of sp³-hybridized carbons (Fsp3) is 0.250. The largest absolute Gasteiger partial charge is 0.327 e. The van der Waals surface area contributed by atoms with Crippen molar-refractivity contribution in [2.45, 2.75) is 18.9 Å². The second-order valence-electron chi connectivity index (χ2n) is 6.66. The second kappa shape index (κ2) is 7.04. The molecule has 0 radical (unpaired) electrons. The van der Waals surface area contributed by atoms with Gasteiger partial charge in [0, 0.05) is 17.3 Å². The van der Waals surface area contributed by atoms with Gasteiger partial charge in [0.1, 0.15) is 12.6 Å². The van der Waals surface area contributed by atoms with Gasteiger partial charge in [0.2, 0.25) is 11.8 Å². The minimum absolute atomic E-state index is 0.154. The average molecular weight is 384 g/mol. The molecule has 27 heavy (non-hydrogen) atoms. The van der Waals surface area contributed by atoms with Gasteiger partial charge in [0.25, 0.3) is 5.91 Å². The van der Waals surface area contributed by atoms with Gasteiger partial charge >= 0.3 is 0 Å². The van der Waals surface area contributed by atoms with Crippen LogP contribution in [-0.2, 0) is 9.59 Å². The number of rotatable bonds is 3. The quantitative estimate of drug-likeness (QED) is 0.885. The molecule has 0 aliphatic carbocycles. The van der Waals surface area contributed by atoms with Crippen LogP contribution in [0.25, 0.3) is 0 Å². The molecule has 3 amide bonds. The third-order valence-corrected chi connectivity index (χ3v) is 5.14. The highest BCUT2D eigenvalue weighted by Gasteiger charge is 2.42. The van der Waals surface area contributed by atoms with Gasteiger partial charge in [-0.15, -0.1) is 0 Å². The molecule has 2 aromatic carbocycles. The Labute approximate surface area is 161 Å². The number of nitrogens with zero attached hydrogens (tertiary/aromatic N) is 2. The second-order valence-corrected chi connectivity index (χ2v) is 7.09. The van der Waals surface area contributed by atoms with E-state index in [0.29, 0.717) is 34.9 Å². The summed E-state index contributed by atoms with van der Waals surface area (Å²) in [6.45, 7) is 0.395. The van der Waals surface area contributed by atoms with E-state index in [1.807, 2.05) is 0 Å². The molecule has 0 aromatic heterocycles. The van der Waals surface area contributed by atoms with Gasteiger partial charge in [-0.2, -0.15) is 0 Å². The van der Waals surface area contributed by atoms with Gasteiger partial charge in [-0.1, -0.05) is 29.8 Å². The Morgan fingerprint density at radius 2 is 1.96 bits per heavy atom. The van der Waals surface area contributed by atoms with Gasteiger partial charge in [0.05, 0.1) is 11.3 Å². The van der Waals surface area contributed by atoms with E-state index >= 15 is 0 Å². The van der Waals surface area contributed by atoms with Crippen molar-refractivity contribution in [1.29, 1.82) is 0 Å². The lowest BCUT2D eigenvalue weighted by Crippen LogP contribution is -2.47. The van der Waals surface area contributed by atoms with Crippen LogP contribution in [-0.4, -0.2) is 41.8 Å². The lowest BCUT2D eigenvalue weighted by Gasteiger charge is -2.25. The van der Waals surface area contributed by atoms with Crippen molar-refractivity contribution >= 4 is 40.7 Å². The molecule has 1 N–H and O–H groups in total. The maximum absolute atomic E-state index is 13.1. The Hall–Kier alpha value is -2.86.